The van der Waals surface area contributed by atoms with Crippen LogP contribution in [0.3, 0.4) is 0 Å². The van der Waals surface area contributed by atoms with Crippen LogP contribution in [-0.2, 0) is 4.79 Å². The Morgan fingerprint density at radius 2 is 1.71 bits per heavy atom. The number of carbonyl (C=O) groups is 1. The Hall–Kier alpha value is -0.990. The van der Waals surface area contributed by atoms with Crippen LogP contribution in [0, 0.1) is 0 Å². The highest BCUT2D eigenvalue weighted by atomic mass is 16.4. The van der Waals surface area contributed by atoms with E-state index in [-0.39, 0.29) is 11.3 Å². The van der Waals surface area contributed by atoms with Gasteiger partial charge in [0, 0.05) is 6.42 Å². The van der Waals surface area contributed by atoms with E-state index in [4.69, 9.17) is 5.11 Å². The number of carboxylic acid groups (broad SMARTS) is 1. The largest absolute Gasteiger partial charge is 0.512 e. The molecule has 82 valence electrons. The normalized spacial score (nSPS) is 12.4. The lowest BCUT2D eigenvalue weighted by Gasteiger charge is -2.04. The fraction of sp³-hybridized carbons (Fsp3) is 0.727. The molecule has 0 aromatic rings. The molecule has 0 aliphatic rings. The fourth-order valence-corrected chi connectivity index (χ4v) is 1.32. The molecule has 0 saturated heterocycles. The summed E-state index contributed by atoms with van der Waals surface area (Å²) in [5, 5.41) is 18.2. The molecule has 0 aliphatic heterocycles. The summed E-state index contributed by atoms with van der Waals surface area (Å²) in [7, 11) is 0. The van der Waals surface area contributed by atoms with Crippen LogP contribution < -0.4 is 0 Å². The van der Waals surface area contributed by atoms with Crippen molar-refractivity contribution in [3.05, 3.63) is 11.3 Å². The lowest BCUT2D eigenvalue weighted by molar-refractivity contribution is -0.133. The predicted molar refractivity (Wildman–Crippen MR) is 56.3 cm³/mol. The van der Waals surface area contributed by atoms with Crippen molar-refractivity contribution in [2.24, 2.45) is 0 Å². The average molecular weight is 200 g/mol. The van der Waals surface area contributed by atoms with Crippen molar-refractivity contribution in [2.75, 3.05) is 0 Å². The Morgan fingerprint density at radius 3 is 2.14 bits per heavy atom. The second-order valence-electron chi connectivity index (χ2n) is 3.39. The van der Waals surface area contributed by atoms with Gasteiger partial charge in [-0.1, -0.05) is 33.1 Å². The summed E-state index contributed by atoms with van der Waals surface area (Å²) in [5.41, 5.74) is 0.184. The van der Waals surface area contributed by atoms with E-state index in [0.717, 1.165) is 25.7 Å². The first-order chi connectivity index (χ1) is 6.63. The molecule has 14 heavy (non-hydrogen) atoms. The molecule has 0 saturated carbocycles. The minimum atomic E-state index is -0.985. The van der Waals surface area contributed by atoms with Gasteiger partial charge in [-0.15, -0.1) is 0 Å². The molecule has 0 aromatic heterocycles. The van der Waals surface area contributed by atoms with Crippen LogP contribution in [-0.4, -0.2) is 16.2 Å². The molecule has 2 N–H and O–H groups in total. The number of allylic oxidation sites excluding steroid dienone is 1. The van der Waals surface area contributed by atoms with Crippen LogP contribution in [0.1, 0.15) is 52.4 Å². The SMILES string of the molecule is CCCCCCC(C(=O)O)=C(O)CC. The maximum Gasteiger partial charge on any atom is 0.334 e. The first-order valence-electron chi connectivity index (χ1n) is 5.27. The summed E-state index contributed by atoms with van der Waals surface area (Å²) in [5.74, 6) is -0.963. The summed E-state index contributed by atoms with van der Waals surface area (Å²) in [6.07, 6.45) is 5.01. The smallest absolute Gasteiger partial charge is 0.334 e. The monoisotopic (exact) mass is 200 g/mol. The molecule has 0 heterocycles. The number of hydrogen-bond donors (Lipinski definition) is 2. The second-order valence-corrected chi connectivity index (χ2v) is 3.39. The molecule has 3 nitrogen and oxygen atoms in total. The van der Waals surface area contributed by atoms with Crippen LogP contribution >= 0.6 is 0 Å². The molecular formula is C11H20O3. The lowest BCUT2D eigenvalue weighted by Crippen LogP contribution is -2.04. The van der Waals surface area contributed by atoms with Crippen LogP contribution in [0.25, 0.3) is 0 Å². The number of aliphatic carboxylic acids is 1. The van der Waals surface area contributed by atoms with Crippen molar-refractivity contribution < 1.29 is 15.0 Å². The third-order valence-electron chi connectivity index (χ3n) is 2.22. The zero-order valence-electron chi connectivity index (χ0n) is 9.05. The van der Waals surface area contributed by atoms with Crippen molar-refractivity contribution in [1.82, 2.24) is 0 Å². The zero-order valence-corrected chi connectivity index (χ0v) is 9.05. The topological polar surface area (TPSA) is 57.5 Å². The molecule has 0 radical (unpaired) electrons. The Bertz CT molecular complexity index is 207. The van der Waals surface area contributed by atoms with Crippen LogP contribution in [0.15, 0.2) is 11.3 Å². The van der Waals surface area contributed by atoms with E-state index in [1.807, 2.05) is 0 Å². The molecule has 0 bridgehead atoms. The maximum atomic E-state index is 10.7. The zero-order chi connectivity index (χ0) is 11.0. The Balaban J connectivity index is 4.06. The molecule has 0 spiro atoms. The number of carboxylic acids is 1. The third-order valence-corrected chi connectivity index (χ3v) is 2.22. The molecule has 0 fully saturated rings. The summed E-state index contributed by atoms with van der Waals surface area (Å²) in [4.78, 5) is 10.7. The molecule has 3 heteroatoms. The van der Waals surface area contributed by atoms with Crippen LogP contribution in [0.2, 0.25) is 0 Å². The molecule has 0 aromatic carbocycles. The molecule has 0 aliphatic carbocycles. The van der Waals surface area contributed by atoms with Gasteiger partial charge in [-0.05, 0) is 12.8 Å². The van der Waals surface area contributed by atoms with E-state index in [9.17, 15) is 9.90 Å². The van der Waals surface area contributed by atoms with E-state index in [2.05, 4.69) is 6.92 Å². The van der Waals surface area contributed by atoms with E-state index in [0.29, 0.717) is 12.8 Å². The molecule has 0 atom stereocenters. The van der Waals surface area contributed by atoms with Gasteiger partial charge in [0.25, 0.3) is 0 Å². The summed E-state index contributed by atoms with van der Waals surface area (Å²) in [6, 6.07) is 0. The van der Waals surface area contributed by atoms with Crippen molar-refractivity contribution >= 4 is 5.97 Å². The summed E-state index contributed by atoms with van der Waals surface area (Å²) in [6.45, 7) is 3.86. The number of hydrogen-bond acceptors (Lipinski definition) is 2. The van der Waals surface area contributed by atoms with E-state index < -0.39 is 5.97 Å². The Labute approximate surface area is 85.4 Å². The van der Waals surface area contributed by atoms with Crippen LogP contribution in [0.5, 0.6) is 0 Å². The highest BCUT2D eigenvalue weighted by Crippen LogP contribution is 2.15. The van der Waals surface area contributed by atoms with Gasteiger partial charge in [0.1, 0.15) is 5.76 Å². The van der Waals surface area contributed by atoms with Gasteiger partial charge in [0.05, 0.1) is 5.57 Å². The van der Waals surface area contributed by atoms with Gasteiger partial charge in [-0.3, -0.25) is 0 Å². The highest BCUT2D eigenvalue weighted by molar-refractivity contribution is 5.87. The molecule has 0 rings (SSSR count). The minimum absolute atomic E-state index is 0.0222. The van der Waals surface area contributed by atoms with E-state index in [1.54, 1.807) is 6.92 Å². The van der Waals surface area contributed by atoms with Gasteiger partial charge in [-0.2, -0.15) is 0 Å². The Morgan fingerprint density at radius 1 is 1.07 bits per heavy atom. The summed E-state index contributed by atoms with van der Waals surface area (Å²) >= 11 is 0. The number of unbranched alkanes of at least 4 members (excludes halogenated alkanes) is 3. The van der Waals surface area contributed by atoms with Gasteiger partial charge < -0.3 is 10.2 Å². The van der Waals surface area contributed by atoms with Crippen molar-refractivity contribution in [2.45, 2.75) is 52.4 Å². The van der Waals surface area contributed by atoms with Crippen LogP contribution in [0.4, 0.5) is 0 Å². The average Bonchev–Trinajstić information content (AvgIpc) is 2.16. The molecular weight excluding hydrogens is 180 g/mol. The fourth-order valence-electron chi connectivity index (χ4n) is 1.32. The van der Waals surface area contributed by atoms with Gasteiger partial charge in [0.2, 0.25) is 0 Å². The van der Waals surface area contributed by atoms with Crippen molar-refractivity contribution in [3.8, 4) is 0 Å². The minimum Gasteiger partial charge on any atom is -0.512 e. The number of rotatable bonds is 7. The van der Waals surface area contributed by atoms with E-state index in [1.165, 1.54) is 0 Å². The number of aliphatic hydroxyl groups excluding tert-OH is 1. The second kappa shape index (κ2) is 7.42. The Kier molecular flexibility index (Phi) is 6.89. The maximum absolute atomic E-state index is 10.7. The summed E-state index contributed by atoms with van der Waals surface area (Å²) < 4.78 is 0. The van der Waals surface area contributed by atoms with E-state index >= 15 is 0 Å². The first kappa shape index (κ1) is 13.0. The highest BCUT2D eigenvalue weighted by Gasteiger charge is 2.11. The lowest BCUT2D eigenvalue weighted by atomic mass is 10.0. The molecule has 0 unspecified atom stereocenters. The number of aliphatic hydroxyl groups is 1. The standard InChI is InChI=1S/C11H20O3/c1-3-5-6-7-8-9(11(13)14)10(12)4-2/h12H,3-8H2,1-2H3,(H,13,14). The van der Waals surface area contributed by atoms with Gasteiger partial charge >= 0.3 is 5.97 Å². The first-order valence-corrected chi connectivity index (χ1v) is 5.27. The molecule has 0 amide bonds. The third kappa shape index (κ3) is 4.90. The predicted octanol–water partition coefficient (Wildman–Crippen LogP) is 3.26. The van der Waals surface area contributed by atoms with Crippen molar-refractivity contribution in [1.29, 1.82) is 0 Å². The van der Waals surface area contributed by atoms with Gasteiger partial charge in [0.15, 0.2) is 0 Å². The van der Waals surface area contributed by atoms with Crippen molar-refractivity contribution in [3.63, 3.8) is 0 Å². The van der Waals surface area contributed by atoms with Gasteiger partial charge in [-0.25, -0.2) is 4.79 Å². The quantitative estimate of drug-likeness (QED) is 0.377.